The smallest absolute Gasteiger partial charge is 0.266 e. The number of ketones is 1. The van der Waals surface area contributed by atoms with E-state index in [9.17, 15) is 19.2 Å². The van der Waals surface area contributed by atoms with Gasteiger partial charge in [0.1, 0.15) is 46.0 Å². The number of hydrogen-bond donors (Lipinski definition) is 0. The lowest BCUT2D eigenvalue weighted by atomic mass is 9.80. The van der Waals surface area contributed by atoms with E-state index in [0.717, 1.165) is 16.0 Å². The van der Waals surface area contributed by atoms with Gasteiger partial charge < -0.3 is 18.9 Å². The SMILES string of the molecule is C=C(C)c1cccc(C(C)C)c1N1C(=O)c2cc(Oc3ccc(C(=O)Cl)cc3)c3c4c(Oc5ccc(C(=O)Cl)cc5)cc5c6c(cc(Oc7ccc(C(=O)Cl)cc7)c(c7c(Oc8ccc(C(=O)CC)cc8)cc(c2c37)C1=O)c64)C(=O)N(c1c(C(C)C)cccc1C(C)C)C5=O. The third-order valence-corrected chi connectivity index (χ3v) is 18.1. The lowest BCUT2D eigenvalue weighted by Gasteiger charge is -2.35. The van der Waals surface area contributed by atoms with Gasteiger partial charge in [-0.1, -0.05) is 91.4 Å². The van der Waals surface area contributed by atoms with Crippen LogP contribution in [0.2, 0.25) is 0 Å². The number of carbonyl (C=O) groups is 8. The first kappa shape index (κ1) is 63.3. The van der Waals surface area contributed by atoms with Crippen LogP contribution in [0.25, 0.3) is 48.7 Å². The number of imide groups is 2. The molecule has 0 radical (unpaired) electrons. The van der Waals surface area contributed by atoms with Gasteiger partial charge in [-0.25, -0.2) is 9.80 Å². The molecule has 0 unspecified atom stereocenters. The quantitative estimate of drug-likeness (QED) is 0.0246. The van der Waals surface area contributed by atoms with Crippen molar-refractivity contribution in [2.75, 3.05) is 9.80 Å². The van der Waals surface area contributed by atoms with Crippen molar-refractivity contribution in [1.29, 1.82) is 0 Å². The number of allylic oxidation sites excluding steroid dienone is 1. The van der Waals surface area contributed by atoms with E-state index < -0.39 is 39.4 Å². The average molecular weight is 1320 g/mol. The number of nitrogens with zero attached hydrogens (tertiary/aromatic N) is 2. The number of benzene rings is 11. The maximum atomic E-state index is 16.3. The van der Waals surface area contributed by atoms with Gasteiger partial charge in [-0.2, -0.15) is 0 Å². The Morgan fingerprint density at radius 2 is 0.663 bits per heavy atom. The zero-order valence-electron chi connectivity index (χ0n) is 52.6. The van der Waals surface area contributed by atoms with Crippen LogP contribution in [-0.4, -0.2) is 45.1 Å². The minimum atomic E-state index is -0.737. The Hall–Kier alpha value is -10.5. The van der Waals surface area contributed by atoms with Gasteiger partial charge in [0.2, 0.25) is 0 Å². The molecule has 2 aliphatic heterocycles. The van der Waals surface area contributed by atoms with E-state index >= 15 is 19.2 Å². The molecule has 2 heterocycles. The van der Waals surface area contributed by atoms with Gasteiger partial charge >= 0.3 is 0 Å². The second-order valence-electron chi connectivity index (χ2n) is 24.5. The van der Waals surface area contributed by atoms with Gasteiger partial charge in [-0.3, -0.25) is 38.4 Å². The third kappa shape index (κ3) is 10.7. The topological polar surface area (TPSA) is 180 Å². The predicted molar refractivity (Wildman–Crippen MR) is 371 cm³/mol. The molecule has 472 valence electrons. The first-order valence-electron chi connectivity index (χ1n) is 30.8. The van der Waals surface area contributed by atoms with Crippen LogP contribution in [0.15, 0.2) is 164 Å². The van der Waals surface area contributed by atoms with Gasteiger partial charge in [0, 0.05) is 77.3 Å². The van der Waals surface area contributed by atoms with Crippen LogP contribution in [-0.2, 0) is 0 Å². The first-order chi connectivity index (χ1) is 45.4. The number of halogens is 3. The number of anilines is 2. The predicted octanol–water partition coefficient (Wildman–Crippen LogP) is 20.6. The molecule has 0 fully saturated rings. The monoisotopic (exact) mass is 1320 g/mol. The number of fused-ring (bicyclic) bond motifs is 2. The minimum Gasteiger partial charge on any atom is -0.457 e. The zero-order valence-corrected chi connectivity index (χ0v) is 54.9. The molecule has 95 heavy (non-hydrogen) atoms. The van der Waals surface area contributed by atoms with Crippen LogP contribution in [0.5, 0.6) is 46.0 Å². The molecule has 4 amide bonds. The minimum absolute atomic E-state index is 0.00178. The number of hydrogen-bond acceptors (Lipinski definition) is 12. The molecule has 11 aromatic rings. The maximum Gasteiger partial charge on any atom is 0.266 e. The van der Waals surface area contributed by atoms with E-state index in [2.05, 4.69) is 6.58 Å². The Morgan fingerprint density at radius 1 is 0.389 bits per heavy atom. The highest BCUT2D eigenvalue weighted by molar-refractivity contribution is 6.68. The fourth-order valence-electron chi connectivity index (χ4n) is 13.0. The van der Waals surface area contributed by atoms with E-state index in [4.69, 9.17) is 53.8 Å². The molecule has 0 bridgehead atoms. The molecule has 13 rings (SSSR count). The highest BCUT2D eigenvalue weighted by atomic mass is 35.5. The van der Waals surface area contributed by atoms with E-state index in [0.29, 0.717) is 33.6 Å². The van der Waals surface area contributed by atoms with Gasteiger partial charge in [0.15, 0.2) is 5.78 Å². The molecule has 14 nitrogen and oxygen atoms in total. The summed E-state index contributed by atoms with van der Waals surface area (Å²) in [6.45, 7) is 19.6. The summed E-state index contributed by atoms with van der Waals surface area (Å²) in [5, 5.41) is -0.802. The van der Waals surface area contributed by atoms with Crippen molar-refractivity contribution in [3.8, 4) is 46.0 Å². The fraction of sp³-hybridized carbons (Fsp3) is 0.154. The summed E-state index contributed by atoms with van der Waals surface area (Å²) in [5.41, 5.74) is 4.84. The molecule has 0 aliphatic carbocycles. The summed E-state index contributed by atoms with van der Waals surface area (Å²) < 4.78 is 28.5. The molecule has 0 aromatic heterocycles. The van der Waals surface area contributed by atoms with Gasteiger partial charge in [-0.05, 0) is 203 Å². The number of Topliss-reactive ketones (excluding diaryl/α,β-unsaturated/α-hetero) is 1. The van der Waals surface area contributed by atoms with Crippen LogP contribution >= 0.6 is 34.8 Å². The molecule has 0 N–H and O–H groups in total. The zero-order chi connectivity index (χ0) is 67.3. The summed E-state index contributed by atoms with van der Waals surface area (Å²) in [6.07, 6.45) is 0.227. The molecular formula is C78H57Cl3N2O12. The molecule has 0 spiro atoms. The molecular weight excluding hydrogens is 1260 g/mol. The number of amides is 4. The third-order valence-electron chi connectivity index (χ3n) is 17.5. The lowest BCUT2D eigenvalue weighted by Crippen LogP contribution is -2.42. The first-order valence-corrected chi connectivity index (χ1v) is 31.9. The van der Waals surface area contributed by atoms with Crippen LogP contribution in [0.4, 0.5) is 11.4 Å². The highest BCUT2D eigenvalue weighted by Gasteiger charge is 2.44. The van der Waals surface area contributed by atoms with Crippen molar-refractivity contribution in [2.24, 2.45) is 0 Å². The Bertz CT molecular complexity index is 5140. The summed E-state index contributed by atoms with van der Waals surface area (Å²) in [5.74, 6) is -2.94. The average Bonchev–Trinajstić information content (AvgIpc) is 0.672. The largest absolute Gasteiger partial charge is 0.457 e. The number of rotatable bonds is 19. The number of para-hydroxylation sites is 2. The standard InChI is InChI=1S/C78H57Cl3N2O12/c1-10-57(84)41-17-25-45(26-18-41)92-58-33-53-62-54(76(89)82(75(53)88)70-49(37(2)3)13-11-14-50(70)38(4)5)35-60(94-47-29-21-43(22-30-47)73(80)86)66-67-61(95-48-31-23-44(24-32-48)74(81)87)36-56-63-55(77(90)83(78(56)91)71-51(39(6)7)15-12-16-52(71)40(8)9)34-59(65(69(63)67)64(58)68(62)66)93-46-27-19-42(20-28-46)72(79)85/h11-36,38-40H,2,10H2,1,3-9H3. The van der Waals surface area contributed by atoms with Crippen molar-refractivity contribution in [3.05, 3.63) is 231 Å². The second-order valence-corrected chi connectivity index (χ2v) is 25.5. The van der Waals surface area contributed by atoms with Crippen LogP contribution in [0, 0.1) is 0 Å². The normalized spacial score (nSPS) is 12.9. The molecule has 0 saturated carbocycles. The molecule has 0 saturated heterocycles. The number of carbonyl (C=O) groups excluding carboxylic acids is 8. The lowest BCUT2D eigenvalue weighted by molar-refractivity contribution is 0.0877. The van der Waals surface area contributed by atoms with Crippen LogP contribution in [0.1, 0.15) is 185 Å². The van der Waals surface area contributed by atoms with Gasteiger partial charge in [0.05, 0.1) is 33.6 Å². The van der Waals surface area contributed by atoms with E-state index in [1.54, 1.807) is 62.4 Å². The second kappa shape index (κ2) is 24.4. The van der Waals surface area contributed by atoms with Crippen LogP contribution in [0.3, 0.4) is 0 Å². The molecule has 2 aliphatic rings. The summed E-state index contributed by atoms with van der Waals surface area (Å²) in [4.78, 5) is 119. The Labute approximate surface area is 560 Å². The van der Waals surface area contributed by atoms with Crippen molar-refractivity contribution in [1.82, 2.24) is 0 Å². The highest BCUT2D eigenvalue weighted by Crippen LogP contribution is 2.59. The number of ether oxygens (including phenoxy) is 4. The van der Waals surface area contributed by atoms with Crippen molar-refractivity contribution in [3.63, 3.8) is 0 Å². The van der Waals surface area contributed by atoms with E-state index in [1.807, 2.05) is 71.9 Å². The van der Waals surface area contributed by atoms with E-state index in [-0.39, 0.29) is 158 Å². The van der Waals surface area contributed by atoms with Gasteiger partial charge in [0.25, 0.3) is 39.4 Å². The summed E-state index contributed by atoms with van der Waals surface area (Å²) >= 11 is 18.0. The maximum absolute atomic E-state index is 16.3. The Morgan fingerprint density at radius 3 is 0.937 bits per heavy atom. The Kier molecular flexibility index (Phi) is 16.3. The molecule has 0 atom stereocenters. The Balaban J connectivity index is 1.26. The molecule has 11 aromatic carbocycles. The van der Waals surface area contributed by atoms with Crippen molar-refractivity contribution < 1.29 is 57.3 Å². The summed E-state index contributed by atoms with van der Waals surface area (Å²) in [6, 6.07) is 41.8. The fourth-order valence-corrected chi connectivity index (χ4v) is 13.4. The van der Waals surface area contributed by atoms with Gasteiger partial charge in [-0.15, -0.1) is 0 Å². The molecule has 17 heteroatoms. The summed E-state index contributed by atoms with van der Waals surface area (Å²) in [7, 11) is 0. The van der Waals surface area contributed by atoms with Crippen molar-refractivity contribution in [2.45, 2.75) is 79.6 Å². The van der Waals surface area contributed by atoms with Crippen LogP contribution < -0.4 is 28.7 Å². The van der Waals surface area contributed by atoms with Crippen molar-refractivity contribution >= 4 is 140 Å². The van der Waals surface area contributed by atoms with E-state index in [1.165, 1.54) is 83.8 Å².